The second-order valence-electron chi connectivity index (χ2n) is 4.39. The summed E-state index contributed by atoms with van der Waals surface area (Å²) in [6.45, 7) is 0. The summed E-state index contributed by atoms with van der Waals surface area (Å²) in [5.74, 6) is 0.378. The van der Waals surface area contributed by atoms with E-state index in [0.717, 1.165) is 11.3 Å². The lowest BCUT2D eigenvalue weighted by Gasteiger charge is -2.24. The fourth-order valence-corrected chi connectivity index (χ4v) is 2.23. The normalized spacial score (nSPS) is 16.9. The predicted molar refractivity (Wildman–Crippen MR) is 72.7 cm³/mol. The van der Waals surface area contributed by atoms with Crippen molar-refractivity contribution in [2.24, 2.45) is 0 Å². The average molecular weight is 271 g/mol. The topological polar surface area (TPSA) is 76.4 Å². The maximum atomic E-state index is 11.2. The van der Waals surface area contributed by atoms with Crippen molar-refractivity contribution < 1.29 is 14.6 Å². The molecule has 1 aromatic heterocycles. The number of hydrogen-bond donors (Lipinski definition) is 2. The SMILES string of the molecule is COc1cccc(C2C=C(C(=O)O)Nc3ccnn32)c1. The van der Waals surface area contributed by atoms with Gasteiger partial charge >= 0.3 is 5.97 Å². The summed E-state index contributed by atoms with van der Waals surface area (Å²) in [5, 5.41) is 16.3. The van der Waals surface area contributed by atoms with Crippen LogP contribution in [0.3, 0.4) is 0 Å². The van der Waals surface area contributed by atoms with Crippen LogP contribution in [0.15, 0.2) is 48.3 Å². The van der Waals surface area contributed by atoms with Gasteiger partial charge in [-0.05, 0) is 23.8 Å². The van der Waals surface area contributed by atoms with Crippen LogP contribution in [0.25, 0.3) is 0 Å². The monoisotopic (exact) mass is 271 g/mol. The summed E-state index contributed by atoms with van der Waals surface area (Å²) in [7, 11) is 1.60. The van der Waals surface area contributed by atoms with Crippen molar-refractivity contribution in [1.29, 1.82) is 0 Å². The van der Waals surface area contributed by atoms with Gasteiger partial charge in [0.2, 0.25) is 0 Å². The minimum atomic E-state index is -0.995. The molecule has 2 heterocycles. The van der Waals surface area contributed by atoms with E-state index in [0.29, 0.717) is 5.82 Å². The number of carboxylic acids is 1. The molecule has 1 unspecified atom stereocenters. The van der Waals surface area contributed by atoms with E-state index in [4.69, 9.17) is 4.74 Å². The molecule has 0 saturated carbocycles. The Labute approximate surface area is 115 Å². The summed E-state index contributed by atoms with van der Waals surface area (Å²) < 4.78 is 6.94. The van der Waals surface area contributed by atoms with Crippen LogP contribution in [-0.2, 0) is 4.79 Å². The van der Waals surface area contributed by atoms with Crippen LogP contribution in [0, 0.1) is 0 Å². The molecule has 2 N–H and O–H groups in total. The highest BCUT2D eigenvalue weighted by molar-refractivity contribution is 5.90. The van der Waals surface area contributed by atoms with Gasteiger partial charge in [-0.1, -0.05) is 12.1 Å². The standard InChI is InChI=1S/C14H13N3O3/c1-20-10-4-2-3-9(7-10)12-8-11(14(18)19)16-13-5-6-15-17(12)13/h2-8,12,16H,1H3,(H,18,19). The third kappa shape index (κ3) is 2.01. The Kier molecular flexibility index (Phi) is 2.90. The smallest absolute Gasteiger partial charge is 0.352 e. The molecule has 102 valence electrons. The zero-order valence-corrected chi connectivity index (χ0v) is 10.8. The second-order valence-corrected chi connectivity index (χ2v) is 4.39. The zero-order chi connectivity index (χ0) is 14.1. The van der Waals surface area contributed by atoms with Crippen LogP contribution in [0.4, 0.5) is 5.82 Å². The molecule has 1 aliphatic heterocycles. The molecule has 0 radical (unpaired) electrons. The Morgan fingerprint density at radius 1 is 1.45 bits per heavy atom. The number of allylic oxidation sites excluding steroid dienone is 1. The number of rotatable bonds is 3. The van der Waals surface area contributed by atoms with E-state index in [1.807, 2.05) is 24.3 Å². The van der Waals surface area contributed by atoms with Crippen molar-refractivity contribution >= 4 is 11.8 Å². The van der Waals surface area contributed by atoms with Crippen molar-refractivity contribution in [1.82, 2.24) is 9.78 Å². The molecule has 0 saturated heterocycles. The lowest BCUT2D eigenvalue weighted by Crippen LogP contribution is -2.23. The first-order chi connectivity index (χ1) is 9.69. The van der Waals surface area contributed by atoms with E-state index >= 15 is 0 Å². The van der Waals surface area contributed by atoms with Crippen molar-refractivity contribution in [3.05, 3.63) is 53.9 Å². The lowest BCUT2D eigenvalue weighted by atomic mass is 10.0. The van der Waals surface area contributed by atoms with E-state index in [1.165, 1.54) is 0 Å². The largest absolute Gasteiger partial charge is 0.497 e. The Morgan fingerprint density at radius 2 is 2.30 bits per heavy atom. The van der Waals surface area contributed by atoms with Crippen LogP contribution in [-0.4, -0.2) is 28.0 Å². The van der Waals surface area contributed by atoms with E-state index in [2.05, 4.69) is 10.4 Å². The van der Waals surface area contributed by atoms with E-state index < -0.39 is 5.97 Å². The summed E-state index contributed by atoms with van der Waals surface area (Å²) in [5.41, 5.74) is 1.06. The van der Waals surface area contributed by atoms with Gasteiger partial charge < -0.3 is 15.2 Å². The molecule has 2 aromatic rings. The van der Waals surface area contributed by atoms with Crippen LogP contribution in [0.1, 0.15) is 11.6 Å². The zero-order valence-electron chi connectivity index (χ0n) is 10.8. The maximum absolute atomic E-state index is 11.2. The first kappa shape index (κ1) is 12.3. The fourth-order valence-electron chi connectivity index (χ4n) is 2.23. The Hall–Kier alpha value is -2.76. The number of fused-ring (bicyclic) bond motifs is 1. The number of nitrogens with zero attached hydrogens (tertiary/aromatic N) is 2. The molecule has 0 spiro atoms. The molecule has 0 fully saturated rings. The number of aromatic nitrogens is 2. The number of ether oxygens (including phenoxy) is 1. The molecule has 0 bridgehead atoms. The van der Waals surface area contributed by atoms with Crippen molar-refractivity contribution in [3.63, 3.8) is 0 Å². The van der Waals surface area contributed by atoms with Crippen LogP contribution in [0.2, 0.25) is 0 Å². The predicted octanol–water partition coefficient (Wildman–Crippen LogP) is 1.88. The summed E-state index contributed by atoms with van der Waals surface area (Å²) in [6.07, 6.45) is 3.27. The summed E-state index contributed by atoms with van der Waals surface area (Å²) in [6, 6.07) is 8.97. The highest BCUT2D eigenvalue weighted by Gasteiger charge is 2.24. The summed E-state index contributed by atoms with van der Waals surface area (Å²) in [4.78, 5) is 11.2. The molecule has 1 aromatic carbocycles. The summed E-state index contributed by atoms with van der Waals surface area (Å²) >= 11 is 0. The van der Waals surface area contributed by atoms with Gasteiger partial charge in [-0.2, -0.15) is 5.10 Å². The molecule has 1 atom stereocenters. The molecular formula is C14H13N3O3. The van der Waals surface area contributed by atoms with Crippen molar-refractivity contribution in [2.75, 3.05) is 12.4 Å². The van der Waals surface area contributed by atoms with E-state index in [1.54, 1.807) is 30.1 Å². The van der Waals surface area contributed by atoms with E-state index in [-0.39, 0.29) is 11.7 Å². The molecule has 6 nitrogen and oxygen atoms in total. The molecule has 0 amide bonds. The highest BCUT2D eigenvalue weighted by atomic mass is 16.5. The third-order valence-corrected chi connectivity index (χ3v) is 3.19. The third-order valence-electron chi connectivity index (χ3n) is 3.19. The van der Waals surface area contributed by atoms with Gasteiger partial charge in [0.25, 0.3) is 0 Å². The van der Waals surface area contributed by atoms with Gasteiger partial charge in [0, 0.05) is 6.07 Å². The van der Waals surface area contributed by atoms with Crippen LogP contribution in [0.5, 0.6) is 5.75 Å². The molecule has 1 aliphatic rings. The van der Waals surface area contributed by atoms with Gasteiger partial charge in [-0.15, -0.1) is 0 Å². The first-order valence-electron chi connectivity index (χ1n) is 6.08. The quantitative estimate of drug-likeness (QED) is 0.891. The van der Waals surface area contributed by atoms with Gasteiger partial charge in [0.1, 0.15) is 17.3 Å². The highest BCUT2D eigenvalue weighted by Crippen LogP contribution is 2.30. The average Bonchev–Trinajstić information content (AvgIpc) is 2.94. The molecule has 0 aliphatic carbocycles. The van der Waals surface area contributed by atoms with Gasteiger partial charge in [0.05, 0.1) is 19.3 Å². The number of nitrogens with one attached hydrogen (secondary N) is 1. The van der Waals surface area contributed by atoms with Crippen molar-refractivity contribution in [3.8, 4) is 5.75 Å². The Bertz CT molecular complexity index is 690. The second kappa shape index (κ2) is 4.73. The maximum Gasteiger partial charge on any atom is 0.352 e. The number of carboxylic acid groups (broad SMARTS) is 1. The molecule has 20 heavy (non-hydrogen) atoms. The number of benzene rings is 1. The van der Waals surface area contributed by atoms with Gasteiger partial charge in [-0.3, -0.25) is 0 Å². The number of methoxy groups -OCH3 is 1. The van der Waals surface area contributed by atoms with Crippen LogP contribution >= 0.6 is 0 Å². The Morgan fingerprint density at radius 3 is 3.05 bits per heavy atom. The minimum absolute atomic E-state index is 0.144. The van der Waals surface area contributed by atoms with Crippen molar-refractivity contribution in [2.45, 2.75) is 6.04 Å². The number of aliphatic carboxylic acids is 1. The minimum Gasteiger partial charge on any atom is -0.497 e. The number of hydrogen-bond acceptors (Lipinski definition) is 4. The van der Waals surface area contributed by atoms with E-state index in [9.17, 15) is 9.90 Å². The molecule has 3 rings (SSSR count). The first-order valence-corrected chi connectivity index (χ1v) is 6.08. The fraction of sp³-hybridized carbons (Fsp3) is 0.143. The Balaban J connectivity index is 2.09. The number of anilines is 1. The van der Waals surface area contributed by atoms with Gasteiger partial charge in [0.15, 0.2) is 0 Å². The molecular weight excluding hydrogens is 258 g/mol. The van der Waals surface area contributed by atoms with Crippen LogP contribution < -0.4 is 10.1 Å². The van der Waals surface area contributed by atoms with Gasteiger partial charge in [-0.25, -0.2) is 9.48 Å². The number of carbonyl (C=O) groups is 1. The molecule has 6 heteroatoms. The lowest BCUT2D eigenvalue weighted by molar-refractivity contribution is -0.132.